The fourth-order valence-electron chi connectivity index (χ4n) is 1.91. The van der Waals surface area contributed by atoms with Crippen molar-refractivity contribution in [3.63, 3.8) is 0 Å². The van der Waals surface area contributed by atoms with E-state index >= 15 is 0 Å². The lowest BCUT2D eigenvalue weighted by molar-refractivity contribution is -0.121. The first-order valence-corrected chi connectivity index (χ1v) is 8.23. The van der Waals surface area contributed by atoms with Gasteiger partial charge in [0.15, 0.2) is 0 Å². The number of amides is 1. The Morgan fingerprint density at radius 1 is 1.36 bits per heavy atom. The molecular weight excluding hydrogens is 323 g/mol. The molecule has 0 aromatic heterocycles. The molecule has 2 N–H and O–H groups in total. The van der Waals surface area contributed by atoms with Crippen LogP contribution in [0.3, 0.4) is 0 Å². The van der Waals surface area contributed by atoms with E-state index in [4.69, 9.17) is 23.2 Å². The van der Waals surface area contributed by atoms with Crippen LogP contribution in [0.1, 0.15) is 51.0 Å². The Kier molecular flexibility index (Phi) is 9.13. The Labute approximate surface area is 141 Å². The maximum absolute atomic E-state index is 11.6. The number of unbranched alkanes of at least 4 members (excludes halogenated alkanes) is 2. The minimum absolute atomic E-state index is 0.226. The van der Waals surface area contributed by atoms with Crippen molar-refractivity contribution < 1.29 is 9.90 Å². The molecule has 0 bridgehead atoms. The second-order valence-electron chi connectivity index (χ2n) is 5.15. The van der Waals surface area contributed by atoms with Gasteiger partial charge in [-0.3, -0.25) is 4.79 Å². The summed E-state index contributed by atoms with van der Waals surface area (Å²) in [5.74, 6) is -0.226. The third kappa shape index (κ3) is 7.78. The van der Waals surface area contributed by atoms with E-state index in [-0.39, 0.29) is 12.3 Å². The highest BCUT2D eigenvalue weighted by Gasteiger charge is 2.07. The predicted molar refractivity (Wildman–Crippen MR) is 91.6 cm³/mol. The Bertz CT molecular complexity index is 507. The quantitative estimate of drug-likeness (QED) is 0.401. The SMILES string of the molecule is CCCCC[C@@H](O)CCC(=O)N/N=C\c1ccc(Cl)cc1Cl. The lowest BCUT2D eigenvalue weighted by Crippen LogP contribution is -2.19. The van der Waals surface area contributed by atoms with Gasteiger partial charge in [-0.1, -0.05) is 55.5 Å². The monoisotopic (exact) mass is 344 g/mol. The number of hydrogen-bond donors (Lipinski definition) is 2. The summed E-state index contributed by atoms with van der Waals surface area (Å²) < 4.78 is 0. The van der Waals surface area contributed by atoms with E-state index in [2.05, 4.69) is 17.5 Å². The third-order valence-electron chi connectivity index (χ3n) is 3.20. The zero-order valence-electron chi connectivity index (χ0n) is 12.7. The Balaban J connectivity index is 2.29. The number of benzene rings is 1. The van der Waals surface area contributed by atoms with Gasteiger partial charge in [-0.25, -0.2) is 5.43 Å². The number of carbonyl (C=O) groups is 1. The van der Waals surface area contributed by atoms with Gasteiger partial charge in [0.25, 0.3) is 0 Å². The fourth-order valence-corrected chi connectivity index (χ4v) is 2.37. The van der Waals surface area contributed by atoms with E-state index in [9.17, 15) is 9.90 Å². The molecule has 6 heteroatoms. The van der Waals surface area contributed by atoms with Gasteiger partial charge in [0.05, 0.1) is 17.3 Å². The fraction of sp³-hybridized carbons (Fsp3) is 0.500. The Morgan fingerprint density at radius 3 is 2.82 bits per heavy atom. The molecule has 0 aliphatic heterocycles. The predicted octanol–water partition coefficient (Wildman–Crippen LogP) is 4.16. The summed E-state index contributed by atoms with van der Waals surface area (Å²) in [6.07, 6.45) is 5.70. The zero-order valence-corrected chi connectivity index (χ0v) is 14.2. The number of aliphatic hydroxyl groups is 1. The molecule has 22 heavy (non-hydrogen) atoms. The molecule has 122 valence electrons. The number of nitrogens with one attached hydrogen (secondary N) is 1. The standard InChI is InChI=1S/C16H22Cl2N2O2/c1-2-3-4-5-14(21)8-9-16(22)20-19-11-12-6-7-13(17)10-15(12)18/h6-7,10-11,14,21H,2-5,8-9H2,1H3,(H,20,22)/b19-11-/t14-/m1/s1. The second kappa shape index (κ2) is 10.6. The van der Waals surface area contributed by atoms with E-state index in [1.54, 1.807) is 18.2 Å². The van der Waals surface area contributed by atoms with Crippen molar-refractivity contribution in [3.05, 3.63) is 33.8 Å². The van der Waals surface area contributed by atoms with E-state index in [1.807, 2.05) is 0 Å². The van der Waals surface area contributed by atoms with Gasteiger partial charge in [0, 0.05) is 17.0 Å². The molecule has 0 heterocycles. The van der Waals surface area contributed by atoms with Crippen LogP contribution in [0.2, 0.25) is 10.0 Å². The topological polar surface area (TPSA) is 61.7 Å². The van der Waals surface area contributed by atoms with Crippen LogP contribution in [0.4, 0.5) is 0 Å². The molecular formula is C16H22Cl2N2O2. The summed E-state index contributed by atoms with van der Waals surface area (Å²) >= 11 is 11.8. The average molecular weight is 345 g/mol. The van der Waals surface area contributed by atoms with Crippen LogP contribution in [0.5, 0.6) is 0 Å². The van der Waals surface area contributed by atoms with Gasteiger partial charge in [0.1, 0.15) is 0 Å². The largest absolute Gasteiger partial charge is 0.393 e. The van der Waals surface area contributed by atoms with Gasteiger partial charge < -0.3 is 5.11 Å². The molecule has 0 unspecified atom stereocenters. The second-order valence-corrected chi connectivity index (χ2v) is 5.99. The molecule has 1 amide bonds. The minimum atomic E-state index is -0.424. The van der Waals surface area contributed by atoms with Crippen molar-refractivity contribution in [2.24, 2.45) is 5.10 Å². The molecule has 0 fully saturated rings. The maximum Gasteiger partial charge on any atom is 0.240 e. The van der Waals surface area contributed by atoms with Crippen molar-refractivity contribution in [1.29, 1.82) is 0 Å². The summed E-state index contributed by atoms with van der Waals surface area (Å²) in [4.78, 5) is 11.6. The summed E-state index contributed by atoms with van der Waals surface area (Å²) in [5.41, 5.74) is 3.10. The van der Waals surface area contributed by atoms with Crippen LogP contribution in [-0.4, -0.2) is 23.3 Å². The normalized spacial score (nSPS) is 12.5. The number of halogens is 2. The highest BCUT2D eigenvalue weighted by molar-refractivity contribution is 6.36. The molecule has 0 saturated heterocycles. The van der Waals surface area contributed by atoms with Gasteiger partial charge in [-0.05, 0) is 25.0 Å². The van der Waals surface area contributed by atoms with Crippen molar-refractivity contribution in [1.82, 2.24) is 5.43 Å². The first-order chi connectivity index (χ1) is 10.5. The van der Waals surface area contributed by atoms with Crippen molar-refractivity contribution in [2.45, 2.75) is 51.6 Å². The number of hydrazone groups is 1. The lowest BCUT2D eigenvalue weighted by Gasteiger charge is -2.08. The summed E-state index contributed by atoms with van der Waals surface area (Å²) in [6.45, 7) is 2.12. The van der Waals surface area contributed by atoms with E-state index < -0.39 is 6.10 Å². The Hall–Kier alpha value is -1.10. The van der Waals surface area contributed by atoms with Crippen LogP contribution >= 0.6 is 23.2 Å². The maximum atomic E-state index is 11.6. The smallest absolute Gasteiger partial charge is 0.240 e. The van der Waals surface area contributed by atoms with Gasteiger partial charge in [-0.2, -0.15) is 5.10 Å². The van der Waals surface area contributed by atoms with Crippen molar-refractivity contribution in [3.8, 4) is 0 Å². The molecule has 1 atom stereocenters. The number of aliphatic hydroxyl groups excluding tert-OH is 1. The number of rotatable bonds is 9. The molecule has 0 aliphatic carbocycles. The first-order valence-electron chi connectivity index (χ1n) is 7.48. The molecule has 0 spiro atoms. The van der Waals surface area contributed by atoms with E-state index in [0.717, 1.165) is 25.7 Å². The average Bonchev–Trinajstić information content (AvgIpc) is 2.47. The van der Waals surface area contributed by atoms with Gasteiger partial charge in [-0.15, -0.1) is 0 Å². The van der Waals surface area contributed by atoms with Crippen LogP contribution in [0.25, 0.3) is 0 Å². The van der Waals surface area contributed by atoms with Crippen molar-refractivity contribution >= 4 is 35.3 Å². The van der Waals surface area contributed by atoms with E-state index in [1.165, 1.54) is 6.21 Å². The molecule has 1 aromatic carbocycles. The van der Waals surface area contributed by atoms with Gasteiger partial charge in [0.2, 0.25) is 5.91 Å². The highest BCUT2D eigenvalue weighted by atomic mass is 35.5. The highest BCUT2D eigenvalue weighted by Crippen LogP contribution is 2.19. The molecule has 1 aromatic rings. The zero-order chi connectivity index (χ0) is 16.4. The molecule has 4 nitrogen and oxygen atoms in total. The molecule has 0 radical (unpaired) electrons. The van der Waals surface area contributed by atoms with Crippen LogP contribution in [0, 0.1) is 0 Å². The third-order valence-corrected chi connectivity index (χ3v) is 3.76. The first kappa shape index (κ1) is 18.9. The molecule has 0 saturated carbocycles. The van der Waals surface area contributed by atoms with E-state index in [0.29, 0.717) is 22.0 Å². The number of nitrogens with zero attached hydrogens (tertiary/aromatic N) is 1. The number of carbonyl (C=O) groups excluding carboxylic acids is 1. The summed E-state index contributed by atoms with van der Waals surface area (Å²) in [7, 11) is 0. The molecule has 1 rings (SSSR count). The Morgan fingerprint density at radius 2 is 2.14 bits per heavy atom. The lowest BCUT2D eigenvalue weighted by atomic mass is 10.1. The molecule has 0 aliphatic rings. The minimum Gasteiger partial charge on any atom is -0.393 e. The summed E-state index contributed by atoms with van der Waals surface area (Å²) in [5, 5.41) is 14.6. The summed E-state index contributed by atoms with van der Waals surface area (Å²) in [6, 6.07) is 5.03. The van der Waals surface area contributed by atoms with Crippen LogP contribution < -0.4 is 5.43 Å². The number of hydrogen-bond acceptors (Lipinski definition) is 3. The van der Waals surface area contributed by atoms with Crippen LogP contribution in [0.15, 0.2) is 23.3 Å². The van der Waals surface area contributed by atoms with Crippen LogP contribution in [-0.2, 0) is 4.79 Å². The van der Waals surface area contributed by atoms with Gasteiger partial charge >= 0.3 is 0 Å². The van der Waals surface area contributed by atoms with Crippen molar-refractivity contribution in [2.75, 3.05) is 0 Å².